The van der Waals surface area contributed by atoms with Gasteiger partial charge in [0.15, 0.2) is 23.0 Å². The number of ether oxygens (including phenoxy) is 4. The number of nitrogens with two attached hydrogens (primary N) is 2. The number of nitrogens with one attached hydrogen (secondary N) is 4. The zero-order valence-electron chi connectivity index (χ0n) is 36.6. The van der Waals surface area contributed by atoms with Crippen LogP contribution in [0.2, 0.25) is 0 Å². The molecule has 0 spiro atoms. The summed E-state index contributed by atoms with van der Waals surface area (Å²) < 4.78 is 22.2. The minimum absolute atomic E-state index is 0.0123. The number of aliphatic hydroxyl groups is 2. The van der Waals surface area contributed by atoms with E-state index in [1.807, 2.05) is 60.7 Å². The topological polar surface area (TPSA) is 246 Å². The molecule has 4 aromatic carbocycles. The van der Waals surface area contributed by atoms with Crippen molar-refractivity contribution in [2.75, 3.05) is 13.6 Å². The van der Waals surface area contributed by atoms with Gasteiger partial charge in [0.25, 0.3) is 0 Å². The molecule has 6 rings (SSSR count). The van der Waals surface area contributed by atoms with Crippen LogP contribution < -0.4 is 51.7 Å². The monoisotopic (exact) mass is 880 g/mol. The van der Waals surface area contributed by atoms with Crippen molar-refractivity contribution in [1.82, 2.24) is 21.3 Å². The van der Waals surface area contributed by atoms with Gasteiger partial charge in [-0.3, -0.25) is 19.2 Å². The quantitative estimate of drug-likeness (QED) is 0.0600. The lowest BCUT2D eigenvalue weighted by Gasteiger charge is -2.35. The van der Waals surface area contributed by atoms with Crippen molar-refractivity contribution in [3.63, 3.8) is 0 Å². The van der Waals surface area contributed by atoms with E-state index in [2.05, 4.69) is 21.3 Å². The van der Waals surface area contributed by atoms with Gasteiger partial charge in [0.05, 0.1) is 24.2 Å². The van der Waals surface area contributed by atoms with Gasteiger partial charge >= 0.3 is 0 Å². The first kappa shape index (κ1) is 47.3. The minimum Gasteiger partial charge on any atom is -0.454 e. The number of amides is 4. The first-order valence-corrected chi connectivity index (χ1v) is 21.6. The summed E-state index contributed by atoms with van der Waals surface area (Å²) in [6, 6.07) is 22.5. The lowest BCUT2D eigenvalue weighted by atomic mass is 9.90. The number of carbonyl (C=O) groups excluding carboxylic acids is 4. The van der Waals surface area contributed by atoms with Crippen molar-refractivity contribution in [2.24, 2.45) is 23.3 Å². The molecular weight excluding hydrogens is 821 g/mol. The molecule has 8 atom stereocenters. The molecular formula is C48H60N6O10. The van der Waals surface area contributed by atoms with E-state index in [9.17, 15) is 29.4 Å². The molecule has 64 heavy (non-hydrogen) atoms. The summed E-state index contributed by atoms with van der Waals surface area (Å²) in [7, 11) is 0. The van der Waals surface area contributed by atoms with Crippen LogP contribution in [0.15, 0.2) is 97.1 Å². The summed E-state index contributed by atoms with van der Waals surface area (Å²) in [4.78, 5) is 55.3. The fourth-order valence-corrected chi connectivity index (χ4v) is 7.69. The maximum atomic E-state index is 14.3. The summed E-state index contributed by atoms with van der Waals surface area (Å²) in [5.41, 5.74) is 15.6. The van der Waals surface area contributed by atoms with Gasteiger partial charge in [0, 0.05) is 0 Å². The van der Waals surface area contributed by atoms with Crippen molar-refractivity contribution in [1.29, 1.82) is 0 Å². The maximum Gasteiger partial charge on any atom is 0.243 e. The van der Waals surface area contributed by atoms with Crippen LogP contribution in [0.1, 0.15) is 49.9 Å². The molecule has 0 unspecified atom stereocenters. The molecule has 2 aliphatic heterocycles. The summed E-state index contributed by atoms with van der Waals surface area (Å²) in [6.07, 6.45) is -2.97. The van der Waals surface area contributed by atoms with Crippen LogP contribution in [0.25, 0.3) is 0 Å². The average molecular weight is 881 g/mol. The number of fused-ring (bicyclic) bond motifs is 2. The second-order valence-electron chi connectivity index (χ2n) is 17.0. The van der Waals surface area contributed by atoms with E-state index >= 15 is 0 Å². The van der Waals surface area contributed by atoms with Gasteiger partial charge in [-0.25, -0.2) is 0 Å². The molecule has 4 aromatic rings. The molecule has 16 heteroatoms. The highest BCUT2D eigenvalue weighted by atomic mass is 16.7. The predicted molar refractivity (Wildman–Crippen MR) is 238 cm³/mol. The van der Waals surface area contributed by atoms with Crippen LogP contribution in [-0.2, 0) is 44.9 Å². The van der Waals surface area contributed by atoms with Gasteiger partial charge < -0.3 is 61.9 Å². The Morgan fingerprint density at radius 3 is 1.20 bits per heavy atom. The van der Waals surface area contributed by atoms with E-state index < -0.39 is 83.9 Å². The van der Waals surface area contributed by atoms with Crippen LogP contribution in [0, 0.1) is 11.8 Å². The molecule has 342 valence electrons. The number of aliphatic hydroxyl groups excluding tert-OH is 2. The zero-order valence-corrected chi connectivity index (χ0v) is 36.6. The van der Waals surface area contributed by atoms with Crippen molar-refractivity contribution in [2.45, 2.75) is 102 Å². The zero-order chi connectivity index (χ0) is 45.9. The van der Waals surface area contributed by atoms with Crippen LogP contribution in [0.3, 0.4) is 0 Å². The molecule has 0 aliphatic carbocycles. The van der Waals surface area contributed by atoms with Crippen molar-refractivity contribution < 1.29 is 48.3 Å². The smallest absolute Gasteiger partial charge is 0.243 e. The third-order valence-corrected chi connectivity index (χ3v) is 11.4. The maximum absolute atomic E-state index is 14.3. The van der Waals surface area contributed by atoms with Gasteiger partial charge in [-0.15, -0.1) is 0 Å². The van der Waals surface area contributed by atoms with Crippen LogP contribution in [0.5, 0.6) is 23.0 Å². The predicted octanol–water partition coefficient (Wildman–Crippen LogP) is 2.04. The van der Waals surface area contributed by atoms with Gasteiger partial charge in [0.1, 0.15) is 24.3 Å². The third kappa shape index (κ3) is 12.5. The Hall–Kier alpha value is -6.20. The first-order chi connectivity index (χ1) is 30.7. The summed E-state index contributed by atoms with van der Waals surface area (Å²) in [5, 5.41) is 35.9. The highest BCUT2D eigenvalue weighted by molar-refractivity contribution is 5.91. The molecule has 4 amide bonds. The van der Waals surface area contributed by atoms with Gasteiger partial charge in [-0.2, -0.15) is 0 Å². The SMILES string of the molecule is CC(C)[C@H](NC(=O)[C@@H](N)Cc1ccccc1)C(=O)N[C@@H](Cc1ccc2c(c1)OCO2)[C@@H](O)[C@H](O)[C@H](Cc1ccc2c(c1)OCO2)NC(=O)[C@@H](NC(=O)[C@@H](N)Cc1ccccc1)C(C)C. The van der Waals surface area contributed by atoms with Crippen molar-refractivity contribution in [3.05, 3.63) is 119 Å². The second-order valence-corrected chi connectivity index (χ2v) is 17.0. The lowest BCUT2D eigenvalue weighted by Crippen LogP contribution is -2.62. The molecule has 16 nitrogen and oxygen atoms in total. The Labute approximate surface area is 373 Å². The van der Waals surface area contributed by atoms with Gasteiger partial charge in [-0.1, -0.05) is 100 Å². The van der Waals surface area contributed by atoms with Gasteiger partial charge in [0.2, 0.25) is 37.2 Å². The van der Waals surface area contributed by atoms with Crippen molar-refractivity contribution >= 4 is 23.6 Å². The van der Waals surface area contributed by atoms with Crippen molar-refractivity contribution in [3.8, 4) is 23.0 Å². The number of benzene rings is 4. The lowest BCUT2D eigenvalue weighted by molar-refractivity contribution is -0.133. The Balaban J connectivity index is 1.25. The van der Waals surface area contributed by atoms with Crippen LogP contribution in [0.4, 0.5) is 0 Å². The number of carbonyl (C=O) groups is 4. The minimum atomic E-state index is -1.72. The first-order valence-electron chi connectivity index (χ1n) is 21.6. The highest BCUT2D eigenvalue weighted by Crippen LogP contribution is 2.34. The Morgan fingerprint density at radius 1 is 0.484 bits per heavy atom. The molecule has 0 saturated carbocycles. The molecule has 0 saturated heterocycles. The molecule has 10 N–H and O–H groups in total. The number of hydrogen-bond donors (Lipinski definition) is 8. The number of rotatable bonds is 21. The fourth-order valence-electron chi connectivity index (χ4n) is 7.69. The van der Waals surface area contributed by atoms with E-state index in [-0.39, 0.29) is 39.3 Å². The third-order valence-electron chi connectivity index (χ3n) is 11.4. The van der Waals surface area contributed by atoms with E-state index in [1.165, 1.54) is 0 Å². The molecule has 0 bridgehead atoms. The fraction of sp³-hybridized carbons (Fsp3) is 0.417. The molecule has 2 heterocycles. The Bertz CT molecular complexity index is 2050. The summed E-state index contributed by atoms with van der Waals surface area (Å²) >= 11 is 0. The average Bonchev–Trinajstić information content (AvgIpc) is 3.96. The molecule has 0 radical (unpaired) electrons. The van der Waals surface area contributed by atoms with E-state index in [1.54, 1.807) is 64.1 Å². The molecule has 2 aliphatic rings. The van der Waals surface area contributed by atoms with Gasteiger partial charge in [-0.05, 0) is 84.0 Å². The van der Waals surface area contributed by atoms with E-state index in [0.717, 1.165) is 11.1 Å². The Kier molecular flexibility index (Phi) is 16.2. The summed E-state index contributed by atoms with van der Waals surface area (Å²) in [6.45, 7) is 7.12. The molecule has 0 fully saturated rings. The normalized spacial score (nSPS) is 16.5. The second kappa shape index (κ2) is 21.9. The molecule has 0 aromatic heterocycles. The summed E-state index contributed by atoms with van der Waals surface area (Å²) in [5.74, 6) is -1.17. The van der Waals surface area contributed by atoms with E-state index in [4.69, 9.17) is 30.4 Å². The largest absolute Gasteiger partial charge is 0.454 e. The van der Waals surface area contributed by atoms with Crippen LogP contribution >= 0.6 is 0 Å². The standard InChI is InChI=1S/C48H60N6O10/c1-27(2)41(53-45(57)33(49)19-29-11-7-5-8-12-29)47(59)51-35(21-31-15-17-37-39(23-31)63-25-61-37)43(55)44(56)36(22-32-16-18-38-40(24-32)64-26-62-38)52-48(60)42(28(3)4)54-46(58)34(50)20-30-13-9-6-10-14-30/h5-18,23-24,27-28,33-36,41-44,55-56H,19-22,25-26,49-50H2,1-4H3,(H,51,59)(H,52,60)(H,53,57)(H,54,58)/t33-,34-,35-,36-,41-,42-,43+,44+/m0/s1. The van der Waals surface area contributed by atoms with Crippen LogP contribution in [-0.4, -0.2) is 95.9 Å². The number of hydrogen-bond acceptors (Lipinski definition) is 12. The highest BCUT2D eigenvalue weighted by Gasteiger charge is 2.38. The van der Waals surface area contributed by atoms with E-state index in [0.29, 0.717) is 34.1 Å². The Morgan fingerprint density at radius 2 is 0.844 bits per heavy atom.